The lowest BCUT2D eigenvalue weighted by Crippen LogP contribution is -2.14. The number of benzene rings is 2. The maximum Gasteiger partial charge on any atom is 0.128 e. The Hall–Kier alpha value is -1.74. The zero-order chi connectivity index (χ0) is 11.8. The van der Waals surface area contributed by atoms with Gasteiger partial charge >= 0.3 is 0 Å². The van der Waals surface area contributed by atoms with Crippen LogP contribution >= 0.6 is 0 Å². The summed E-state index contributed by atoms with van der Waals surface area (Å²) in [7, 11) is 0. The van der Waals surface area contributed by atoms with E-state index >= 15 is 0 Å². The Balaban J connectivity index is 2.11. The summed E-state index contributed by atoms with van der Waals surface area (Å²) in [6, 6.07) is 11.3. The molecule has 0 bridgehead atoms. The molecule has 3 heteroatoms. The molecule has 1 nitrogen and oxygen atoms in total. The average Bonchev–Trinajstić information content (AvgIpc) is 2.75. The van der Waals surface area contributed by atoms with E-state index in [2.05, 4.69) is 5.32 Å². The van der Waals surface area contributed by atoms with Crippen LogP contribution in [0.2, 0.25) is 0 Å². The molecule has 1 N–H and O–H groups in total. The van der Waals surface area contributed by atoms with E-state index in [0.717, 1.165) is 5.56 Å². The highest BCUT2D eigenvalue weighted by molar-refractivity contribution is 5.42. The van der Waals surface area contributed by atoms with Gasteiger partial charge in [-0.15, -0.1) is 0 Å². The fourth-order valence-corrected chi connectivity index (χ4v) is 2.33. The molecule has 17 heavy (non-hydrogen) atoms. The van der Waals surface area contributed by atoms with Crippen LogP contribution in [0.1, 0.15) is 22.7 Å². The number of halogens is 2. The molecule has 1 aliphatic rings. The fourth-order valence-electron chi connectivity index (χ4n) is 2.33. The summed E-state index contributed by atoms with van der Waals surface area (Å²) in [6.45, 7) is 0.445. The fraction of sp³-hybridized carbons (Fsp3) is 0.143. The summed E-state index contributed by atoms with van der Waals surface area (Å²) < 4.78 is 27.2. The van der Waals surface area contributed by atoms with Gasteiger partial charge in [-0.1, -0.05) is 30.3 Å². The maximum atomic E-state index is 13.7. The number of fused-ring (bicyclic) bond motifs is 1. The molecule has 0 saturated carbocycles. The largest absolute Gasteiger partial charge is 0.302 e. The zero-order valence-corrected chi connectivity index (χ0v) is 9.08. The molecule has 1 atom stereocenters. The highest BCUT2D eigenvalue weighted by atomic mass is 19.1. The summed E-state index contributed by atoms with van der Waals surface area (Å²) in [4.78, 5) is 0. The molecule has 2 aromatic carbocycles. The van der Waals surface area contributed by atoms with Crippen LogP contribution in [0, 0.1) is 11.6 Å². The third kappa shape index (κ3) is 1.63. The van der Waals surface area contributed by atoms with Gasteiger partial charge in [0.25, 0.3) is 0 Å². The van der Waals surface area contributed by atoms with E-state index < -0.39 is 0 Å². The minimum absolute atomic E-state index is 0.228. The second kappa shape index (κ2) is 3.93. The lowest BCUT2D eigenvalue weighted by Gasteiger charge is -2.13. The molecule has 0 aliphatic carbocycles. The Kier molecular flexibility index (Phi) is 2.41. The Bertz CT molecular complexity index is 566. The molecule has 0 aromatic heterocycles. The number of hydrogen-bond acceptors (Lipinski definition) is 1. The molecular formula is C14H11F2N. The number of rotatable bonds is 1. The summed E-state index contributed by atoms with van der Waals surface area (Å²) >= 11 is 0. The van der Waals surface area contributed by atoms with E-state index in [1.165, 1.54) is 12.1 Å². The first-order valence-electron chi connectivity index (χ1n) is 5.52. The Morgan fingerprint density at radius 3 is 2.41 bits per heavy atom. The van der Waals surface area contributed by atoms with Gasteiger partial charge in [0.1, 0.15) is 11.6 Å². The summed E-state index contributed by atoms with van der Waals surface area (Å²) in [5.41, 5.74) is 2.03. The van der Waals surface area contributed by atoms with E-state index in [1.54, 1.807) is 24.3 Å². The molecule has 0 amide bonds. The van der Waals surface area contributed by atoms with Crippen molar-refractivity contribution in [3.05, 3.63) is 70.8 Å². The van der Waals surface area contributed by atoms with Crippen molar-refractivity contribution in [2.45, 2.75) is 12.6 Å². The zero-order valence-electron chi connectivity index (χ0n) is 9.08. The van der Waals surface area contributed by atoms with Crippen molar-refractivity contribution in [2.75, 3.05) is 0 Å². The van der Waals surface area contributed by atoms with Crippen LogP contribution in [0.25, 0.3) is 0 Å². The molecule has 1 heterocycles. The minimum atomic E-state index is -0.262. The van der Waals surface area contributed by atoms with Crippen molar-refractivity contribution >= 4 is 0 Å². The van der Waals surface area contributed by atoms with Gasteiger partial charge in [0.15, 0.2) is 0 Å². The van der Waals surface area contributed by atoms with Crippen molar-refractivity contribution in [1.82, 2.24) is 5.32 Å². The van der Waals surface area contributed by atoms with Gasteiger partial charge in [-0.05, 0) is 17.7 Å². The van der Waals surface area contributed by atoms with Gasteiger partial charge in [0.2, 0.25) is 0 Å². The van der Waals surface area contributed by atoms with Gasteiger partial charge in [-0.2, -0.15) is 0 Å². The first kappa shape index (κ1) is 10.4. The van der Waals surface area contributed by atoms with Crippen molar-refractivity contribution < 1.29 is 8.78 Å². The number of nitrogens with one attached hydrogen (secondary N) is 1. The minimum Gasteiger partial charge on any atom is -0.302 e. The Morgan fingerprint density at radius 2 is 1.59 bits per heavy atom. The van der Waals surface area contributed by atoms with Gasteiger partial charge in [0, 0.05) is 17.7 Å². The third-order valence-electron chi connectivity index (χ3n) is 3.17. The van der Waals surface area contributed by atoms with Gasteiger partial charge in [0.05, 0.1) is 6.04 Å². The third-order valence-corrected chi connectivity index (χ3v) is 3.17. The number of hydrogen-bond donors (Lipinski definition) is 1. The van der Waals surface area contributed by atoms with Crippen LogP contribution in [0.5, 0.6) is 0 Å². The van der Waals surface area contributed by atoms with Gasteiger partial charge < -0.3 is 5.32 Å². The molecule has 0 fully saturated rings. The van der Waals surface area contributed by atoms with Gasteiger partial charge in [-0.25, -0.2) is 8.78 Å². The van der Waals surface area contributed by atoms with Crippen LogP contribution in [0.3, 0.4) is 0 Å². The predicted octanol–water partition coefficient (Wildman–Crippen LogP) is 3.16. The topological polar surface area (TPSA) is 12.0 Å². The normalized spacial score (nSPS) is 18.1. The first-order chi connectivity index (χ1) is 8.27. The molecule has 3 rings (SSSR count). The molecular weight excluding hydrogens is 220 g/mol. The quantitative estimate of drug-likeness (QED) is 0.795. The summed E-state index contributed by atoms with van der Waals surface area (Å²) in [5.74, 6) is -0.490. The average molecular weight is 231 g/mol. The van der Waals surface area contributed by atoms with Crippen molar-refractivity contribution in [1.29, 1.82) is 0 Å². The van der Waals surface area contributed by atoms with E-state index in [4.69, 9.17) is 0 Å². The molecule has 1 aliphatic heterocycles. The van der Waals surface area contributed by atoms with Crippen LogP contribution in [0.15, 0.2) is 42.5 Å². The Labute approximate surface area is 98.1 Å². The van der Waals surface area contributed by atoms with E-state index in [9.17, 15) is 8.78 Å². The van der Waals surface area contributed by atoms with Crippen molar-refractivity contribution in [3.8, 4) is 0 Å². The second-order valence-electron chi connectivity index (χ2n) is 4.14. The first-order valence-corrected chi connectivity index (χ1v) is 5.52. The molecule has 1 unspecified atom stereocenters. The highest BCUT2D eigenvalue weighted by Crippen LogP contribution is 2.33. The van der Waals surface area contributed by atoms with Gasteiger partial charge in [-0.3, -0.25) is 0 Å². The molecule has 0 radical (unpaired) electrons. The van der Waals surface area contributed by atoms with E-state index in [-0.39, 0.29) is 17.7 Å². The van der Waals surface area contributed by atoms with Crippen molar-refractivity contribution in [2.24, 2.45) is 0 Å². The highest BCUT2D eigenvalue weighted by Gasteiger charge is 2.27. The van der Waals surface area contributed by atoms with E-state index in [0.29, 0.717) is 17.7 Å². The van der Waals surface area contributed by atoms with Crippen LogP contribution < -0.4 is 5.32 Å². The predicted molar refractivity (Wildman–Crippen MR) is 61.5 cm³/mol. The van der Waals surface area contributed by atoms with E-state index in [1.807, 2.05) is 6.07 Å². The Morgan fingerprint density at radius 1 is 0.882 bits per heavy atom. The monoisotopic (exact) mass is 231 g/mol. The lowest BCUT2D eigenvalue weighted by molar-refractivity contribution is 0.570. The maximum absolute atomic E-state index is 13.7. The summed E-state index contributed by atoms with van der Waals surface area (Å²) in [5, 5.41) is 3.14. The lowest BCUT2D eigenvalue weighted by atomic mass is 9.98. The standard InChI is InChI=1S/C14H11F2N/c15-12-6-2-1-4-10(12)14-9-5-3-7-13(16)11(9)8-17-14/h1-7,14,17H,8H2. The molecule has 0 spiro atoms. The van der Waals surface area contributed by atoms with Crippen LogP contribution in [0.4, 0.5) is 8.78 Å². The molecule has 86 valence electrons. The molecule has 0 saturated heterocycles. The molecule has 2 aromatic rings. The van der Waals surface area contributed by atoms with Crippen LogP contribution in [-0.4, -0.2) is 0 Å². The SMILES string of the molecule is Fc1ccccc1C1NCc2c(F)cccc21. The smallest absolute Gasteiger partial charge is 0.128 e. The van der Waals surface area contributed by atoms with Crippen LogP contribution in [-0.2, 0) is 6.54 Å². The van der Waals surface area contributed by atoms with Crippen molar-refractivity contribution in [3.63, 3.8) is 0 Å². The summed E-state index contributed by atoms with van der Waals surface area (Å²) in [6.07, 6.45) is 0. The second-order valence-corrected chi connectivity index (χ2v) is 4.14.